The average molecular weight is 272 g/mol. The molecule has 2 rings (SSSR count). The Kier molecular flexibility index (Phi) is 5.46. The zero-order valence-electron chi connectivity index (χ0n) is 11.6. The van der Waals surface area contributed by atoms with E-state index in [0.717, 1.165) is 25.0 Å². The Morgan fingerprint density at radius 3 is 2.65 bits per heavy atom. The number of methoxy groups -OCH3 is 1. The molecule has 2 aromatic rings. The second-order valence-corrected chi connectivity index (χ2v) is 4.55. The van der Waals surface area contributed by atoms with E-state index in [1.54, 1.807) is 19.5 Å². The van der Waals surface area contributed by atoms with Crippen molar-refractivity contribution in [2.45, 2.75) is 25.3 Å². The van der Waals surface area contributed by atoms with E-state index in [9.17, 15) is 0 Å². The maximum atomic E-state index is 5.63. The van der Waals surface area contributed by atoms with Gasteiger partial charge in [-0.1, -0.05) is 30.3 Å². The van der Waals surface area contributed by atoms with E-state index >= 15 is 0 Å². The van der Waals surface area contributed by atoms with Gasteiger partial charge in [-0.3, -0.25) is 16.3 Å². The summed E-state index contributed by atoms with van der Waals surface area (Å²) < 4.78 is 5.22. The molecule has 0 saturated heterocycles. The third-order valence-electron chi connectivity index (χ3n) is 3.22. The molecule has 3 N–H and O–H groups in total. The van der Waals surface area contributed by atoms with Crippen LogP contribution in [0, 0.1) is 0 Å². The number of aromatic nitrogens is 2. The van der Waals surface area contributed by atoms with E-state index in [0.29, 0.717) is 5.88 Å². The van der Waals surface area contributed by atoms with E-state index < -0.39 is 0 Å². The van der Waals surface area contributed by atoms with Crippen molar-refractivity contribution < 1.29 is 4.74 Å². The molecule has 0 amide bonds. The quantitative estimate of drug-likeness (QED) is 0.596. The van der Waals surface area contributed by atoms with Crippen LogP contribution in [-0.4, -0.2) is 17.1 Å². The molecule has 20 heavy (non-hydrogen) atoms. The summed E-state index contributed by atoms with van der Waals surface area (Å²) in [6, 6.07) is 10.3. The molecule has 0 saturated carbocycles. The Hall–Kier alpha value is -1.98. The first-order valence-electron chi connectivity index (χ1n) is 6.70. The molecular formula is C15H20N4O. The second-order valence-electron chi connectivity index (χ2n) is 4.55. The van der Waals surface area contributed by atoms with Crippen LogP contribution in [0.15, 0.2) is 42.7 Å². The number of hydrogen-bond acceptors (Lipinski definition) is 5. The second kappa shape index (κ2) is 7.57. The van der Waals surface area contributed by atoms with Gasteiger partial charge in [0.25, 0.3) is 0 Å². The minimum Gasteiger partial charge on any atom is -0.480 e. The van der Waals surface area contributed by atoms with Gasteiger partial charge in [-0.05, 0) is 24.8 Å². The monoisotopic (exact) mass is 272 g/mol. The fraction of sp³-hybridized carbons (Fsp3) is 0.333. The summed E-state index contributed by atoms with van der Waals surface area (Å²) in [5, 5.41) is 0. The largest absolute Gasteiger partial charge is 0.480 e. The van der Waals surface area contributed by atoms with E-state index in [1.165, 1.54) is 5.56 Å². The smallest absolute Gasteiger partial charge is 0.237 e. The lowest BCUT2D eigenvalue weighted by Gasteiger charge is -2.16. The molecule has 0 aliphatic heterocycles. The van der Waals surface area contributed by atoms with Crippen molar-refractivity contribution in [3.8, 4) is 5.88 Å². The van der Waals surface area contributed by atoms with Crippen molar-refractivity contribution in [3.63, 3.8) is 0 Å². The molecular weight excluding hydrogens is 252 g/mol. The molecule has 0 bridgehead atoms. The van der Waals surface area contributed by atoms with Crippen molar-refractivity contribution in [1.82, 2.24) is 15.4 Å². The molecule has 0 radical (unpaired) electrons. The highest BCUT2D eigenvalue weighted by Gasteiger charge is 2.16. The van der Waals surface area contributed by atoms with Gasteiger partial charge in [0.15, 0.2) is 0 Å². The normalized spacial score (nSPS) is 12.1. The number of nitrogens with two attached hydrogens (primary N) is 1. The minimum absolute atomic E-state index is 0.0534. The van der Waals surface area contributed by atoms with E-state index in [2.05, 4.69) is 39.7 Å². The molecule has 1 unspecified atom stereocenters. The lowest BCUT2D eigenvalue weighted by atomic mass is 10.0. The van der Waals surface area contributed by atoms with Gasteiger partial charge in [0.1, 0.15) is 5.69 Å². The lowest BCUT2D eigenvalue weighted by Crippen LogP contribution is -2.29. The number of aryl methyl sites for hydroxylation is 1. The number of rotatable bonds is 7. The van der Waals surface area contributed by atoms with Crippen molar-refractivity contribution in [2.24, 2.45) is 5.84 Å². The van der Waals surface area contributed by atoms with Crippen LogP contribution in [-0.2, 0) is 6.42 Å². The van der Waals surface area contributed by atoms with Crippen LogP contribution in [0.2, 0.25) is 0 Å². The SMILES string of the molecule is COc1nccnc1C(CCCc1ccccc1)NN. The summed E-state index contributed by atoms with van der Waals surface area (Å²) in [4.78, 5) is 8.47. The van der Waals surface area contributed by atoms with E-state index in [-0.39, 0.29) is 6.04 Å². The Morgan fingerprint density at radius 2 is 1.95 bits per heavy atom. The number of nitrogens with one attached hydrogen (secondary N) is 1. The summed E-state index contributed by atoms with van der Waals surface area (Å²) in [6.07, 6.45) is 6.17. The first-order chi connectivity index (χ1) is 9.85. The fourth-order valence-electron chi connectivity index (χ4n) is 2.19. The standard InChI is InChI=1S/C15H20N4O/c1-20-15-14(17-10-11-18-15)13(19-16)9-5-8-12-6-3-2-4-7-12/h2-4,6-7,10-11,13,19H,5,8-9,16H2,1H3. The number of ether oxygens (including phenoxy) is 1. The van der Waals surface area contributed by atoms with Gasteiger partial charge in [0.05, 0.1) is 13.2 Å². The predicted molar refractivity (Wildman–Crippen MR) is 78.0 cm³/mol. The van der Waals surface area contributed by atoms with Crippen LogP contribution in [0.1, 0.15) is 30.1 Å². The third kappa shape index (κ3) is 3.76. The Balaban J connectivity index is 1.95. The molecule has 0 spiro atoms. The van der Waals surface area contributed by atoms with Crippen LogP contribution in [0.5, 0.6) is 5.88 Å². The van der Waals surface area contributed by atoms with Crippen LogP contribution in [0.3, 0.4) is 0 Å². The number of benzene rings is 1. The Morgan fingerprint density at radius 1 is 1.20 bits per heavy atom. The van der Waals surface area contributed by atoms with Gasteiger partial charge in [-0.15, -0.1) is 0 Å². The molecule has 1 heterocycles. The van der Waals surface area contributed by atoms with Gasteiger partial charge < -0.3 is 4.74 Å². The topological polar surface area (TPSA) is 73.1 Å². The molecule has 0 aliphatic rings. The molecule has 5 heteroatoms. The summed E-state index contributed by atoms with van der Waals surface area (Å²) in [7, 11) is 1.59. The van der Waals surface area contributed by atoms with E-state index in [1.807, 2.05) is 6.07 Å². The molecule has 0 aliphatic carbocycles. The average Bonchev–Trinajstić information content (AvgIpc) is 2.53. The first-order valence-corrected chi connectivity index (χ1v) is 6.70. The van der Waals surface area contributed by atoms with Gasteiger partial charge in [0.2, 0.25) is 5.88 Å². The Bertz CT molecular complexity index is 518. The Labute approximate surface area is 119 Å². The number of nitrogens with zero attached hydrogens (tertiary/aromatic N) is 2. The number of hydrazine groups is 1. The highest BCUT2D eigenvalue weighted by atomic mass is 16.5. The molecule has 1 aromatic carbocycles. The van der Waals surface area contributed by atoms with Crippen LogP contribution >= 0.6 is 0 Å². The molecule has 5 nitrogen and oxygen atoms in total. The van der Waals surface area contributed by atoms with Gasteiger partial charge in [-0.25, -0.2) is 4.98 Å². The van der Waals surface area contributed by atoms with E-state index in [4.69, 9.17) is 10.6 Å². The molecule has 1 atom stereocenters. The molecule has 1 aromatic heterocycles. The van der Waals surface area contributed by atoms with Crippen molar-refractivity contribution in [1.29, 1.82) is 0 Å². The first kappa shape index (κ1) is 14.4. The van der Waals surface area contributed by atoms with Gasteiger partial charge in [0, 0.05) is 12.4 Å². The maximum Gasteiger partial charge on any atom is 0.237 e. The highest BCUT2D eigenvalue weighted by Crippen LogP contribution is 2.23. The summed E-state index contributed by atoms with van der Waals surface area (Å²) >= 11 is 0. The van der Waals surface area contributed by atoms with Crippen LogP contribution in [0.4, 0.5) is 0 Å². The minimum atomic E-state index is -0.0534. The lowest BCUT2D eigenvalue weighted by molar-refractivity contribution is 0.372. The van der Waals surface area contributed by atoms with Crippen molar-refractivity contribution in [2.75, 3.05) is 7.11 Å². The zero-order valence-corrected chi connectivity index (χ0v) is 11.6. The van der Waals surface area contributed by atoms with Gasteiger partial charge >= 0.3 is 0 Å². The highest BCUT2D eigenvalue weighted by molar-refractivity contribution is 5.21. The number of hydrogen-bond donors (Lipinski definition) is 2. The summed E-state index contributed by atoms with van der Waals surface area (Å²) in [5.41, 5.74) is 4.88. The summed E-state index contributed by atoms with van der Waals surface area (Å²) in [5.74, 6) is 6.16. The zero-order chi connectivity index (χ0) is 14.2. The third-order valence-corrected chi connectivity index (χ3v) is 3.22. The summed E-state index contributed by atoms with van der Waals surface area (Å²) in [6.45, 7) is 0. The molecule has 0 fully saturated rings. The predicted octanol–water partition coefficient (Wildman–Crippen LogP) is 2.01. The molecule has 106 valence electrons. The van der Waals surface area contributed by atoms with Gasteiger partial charge in [-0.2, -0.15) is 0 Å². The maximum absolute atomic E-state index is 5.63. The van der Waals surface area contributed by atoms with Crippen LogP contribution < -0.4 is 16.0 Å². The fourth-order valence-corrected chi connectivity index (χ4v) is 2.19. The van der Waals surface area contributed by atoms with Crippen molar-refractivity contribution in [3.05, 3.63) is 54.0 Å². The van der Waals surface area contributed by atoms with Crippen LogP contribution in [0.25, 0.3) is 0 Å². The van der Waals surface area contributed by atoms with Crippen molar-refractivity contribution >= 4 is 0 Å².